The summed E-state index contributed by atoms with van der Waals surface area (Å²) in [5, 5.41) is 3.02. The third kappa shape index (κ3) is 4.20. The van der Waals surface area contributed by atoms with Crippen molar-refractivity contribution in [1.82, 2.24) is 10.9 Å². The molecule has 3 rings (SSSR count). The maximum absolute atomic E-state index is 12.5. The molecule has 6 heteroatoms. The van der Waals surface area contributed by atoms with Gasteiger partial charge in [0.1, 0.15) is 0 Å². The Labute approximate surface area is 155 Å². The largest absolute Gasteiger partial charge is 0.376 e. The first-order valence-corrected chi connectivity index (χ1v) is 8.95. The van der Waals surface area contributed by atoms with Gasteiger partial charge in [0.15, 0.2) is 0 Å². The number of halogens is 1. The van der Waals surface area contributed by atoms with Gasteiger partial charge in [-0.25, -0.2) is 0 Å². The van der Waals surface area contributed by atoms with Gasteiger partial charge < -0.3 is 5.32 Å². The van der Waals surface area contributed by atoms with Crippen LogP contribution in [0.3, 0.4) is 0 Å². The number of hydrogen-bond acceptors (Lipinski definition) is 3. The van der Waals surface area contributed by atoms with E-state index in [1.165, 1.54) is 0 Å². The van der Waals surface area contributed by atoms with Crippen molar-refractivity contribution >= 4 is 33.4 Å². The molecule has 1 saturated carbocycles. The zero-order valence-electron chi connectivity index (χ0n) is 13.9. The lowest BCUT2D eigenvalue weighted by molar-refractivity contribution is -0.129. The fourth-order valence-corrected chi connectivity index (χ4v) is 2.95. The Bertz CT molecular complexity index is 768. The molecule has 3 N–H and O–H groups in total. The van der Waals surface area contributed by atoms with E-state index in [-0.39, 0.29) is 18.4 Å². The van der Waals surface area contributed by atoms with Crippen LogP contribution in [0.1, 0.15) is 24.0 Å². The van der Waals surface area contributed by atoms with E-state index < -0.39 is 5.41 Å². The highest BCUT2D eigenvalue weighted by Gasteiger charge is 2.51. The number of anilines is 1. The first-order chi connectivity index (χ1) is 12.0. The number of benzene rings is 2. The zero-order valence-corrected chi connectivity index (χ0v) is 15.5. The second-order valence-electron chi connectivity index (χ2n) is 6.31. The molecule has 0 saturated heterocycles. The highest BCUT2D eigenvalue weighted by atomic mass is 79.9. The van der Waals surface area contributed by atoms with Crippen LogP contribution in [0.15, 0.2) is 53.0 Å². The lowest BCUT2D eigenvalue weighted by Gasteiger charge is -2.16. The van der Waals surface area contributed by atoms with Crippen molar-refractivity contribution in [1.29, 1.82) is 0 Å². The Hall–Kier alpha value is -2.34. The number of hydrogen-bond donors (Lipinski definition) is 3. The van der Waals surface area contributed by atoms with Gasteiger partial charge in [0.05, 0.1) is 12.0 Å². The van der Waals surface area contributed by atoms with E-state index >= 15 is 0 Å². The van der Waals surface area contributed by atoms with Crippen LogP contribution in [-0.4, -0.2) is 18.4 Å². The number of hydrazine groups is 1. The minimum absolute atomic E-state index is 0.0919. The van der Waals surface area contributed by atoms with Crippen LogP contribution in [0.25, 0.3) is 0 Å². The van der Waals surface area contributed by atoms with Crippen LogP contribution in [0, 0.1) is 6.92 Å². The number of aryl methyl sites for hydroxylation is 1. The van der Waals surface area contributed by atoms with Crippen molar-refractivity contribution < 1.29 is 9.59 Å². The van der Waals surface area contributed by atoms with Gasteiger partial charge in [0.2, 0.25) is 5.91 Å². The number of carbonyl (C=O) groups excluding carboxylic acids is 2. The van der Waals surface area contributed by atoms with Crippen molar-refractivity contribution in [2.24, 2.45) is 0 Å². The van der Waals surface area contributed by atoms with Crippen molar-refractivity contribution in [3.05, 3.63) is 64.1 Å². The minimum atomic E-state index is -0.516. The highest BCUT2D eigenvalue weighted by molar-refractivity contribution is 9.10. The van der Waals surface area contributed by atoms with Crippen molar-refractivity contribution in [2.75, 3.05) is 11.9 Å². The molecule has 0 heterocycles. The number of nitrogens with one attached hydrogen (secondary N) is 3. The molecule has 1 fully saturated rings. The number of amides is 2. The van der Waals surface area contributed by atoms with Crippen LogP contribution in [-0.2, 0) is 15.0 Å². The number of rotatable bonds is 5. The third-order valence-corrected chi connectivity index (χ3v) is 4.93. The monoisotopic (exact) mass is 401 g/mol. The quantitative estimate of drug-likeness (QED) is 0.674. The molecule has 0 spiro atoms. The predicted molar refractivity (Wildman–Crippen MR) is 101 cm³/mol. The van der Waals surface area contributed by atoms with Gasteiger partial charge in [-0.05, 0) is 49.6 Å². The summed E-state index contributed by atoms with van der Waals surface area (Å²) >= 11 is 3.40. The summed E-state index contributed by atoms with van der Waals surface area (Å²) in [7, 11) is 0. The lowest BCUT2D eigenvalue weighted by atomic mass is 9.95. The van der Waals surface area contributed by atoms with Gasteiger partial charge in [-0.1, -0.05) is 45.8 Å². The first-order valence-electron chi connectivity index (χ1n) is 8.15. The van der Waals surface area contributed by atoms with E-state index in [0.717, 1.165) is 34.1 Å². The second-order valence-corrected chi connectivity index (χ2v) is 7.23. The number of carbonyl (C=O) groups is 2. The summed E-state index contributed by atoms with van der Waals surface area (Å²) in [5.41, 5.74) is 7.51. The zero-order chi connectivity index (χ0) is 17.9. The van der Waals surface area contributed by atoms with E-state index in [4.69, 9.17) is 0 Å². The molecule has 130 valence electrons. The van der Waals surface area contributed by atoms with Crippen LogP contribution >= 0.6 is 15.9 Å². The molecule has 2 amide bonds. The minimum Gasteiger partial charge on any atom is -0.376 e. The van der Waals surface area contributed by atoms with Gasteiger partial charge in [-0.15, -0.1) is 0 Å². The van der Waals surface area contributed by atoms with Gasteiger partial charge in [-0.3, -0.25) is 20.4 Å². The maximum Gasteiger partial charge on any atom is 0.257 e. The molecule has 25 heavy (non-hydrogen) atoms. The summed E-state index contributed by atoms with van der Waals surface area (Å²) in [4.78, 5) is 24.4. The topological polar surface area (TPSA) is 70.2 Å². The van der Waals surface area contributed by atoms with Gasteiger partial charge in [-0.2, -0.15) is 0 Å². The fraction of sp³-hybridized carbons (Fsp3) is 0.263. The van der Waals surface area contributed by atoms with Gasteiger partial charge >= 0.3 is 0 Å². The Morgan fingerprint density at radius 2 is 1.64 bits per heavy atom. The summed E-state index contributed by atoms with van der Waals surface area (Å²) in [6.07, 6.45) is 1.58. The molecule has 0 radical (unpaired) electrons. The highest BCUT2D eigenvalue weighted by Crippen LogP contribution is 2.48. The summed E-state index contributed by atoms with van der Waals surface area (Å²) in [5.74, 6) is -0.459. The van der Waals surface area contributed by atoms with E-state index in [1.54, 1.807) is 0 Å². The molecule has 1 aliphatic rings. The summed E-state index contributed by atoms with van der Waals surface area (Å²) < 4.78 is 0.975. The molecular formula is C19H20BrN3O2. The average Bonchev–Trinajstić information content (AvgIpc) is 3.41. The Balaban J connectivity index is 1.49. The van der Waals surface area contributed by atoms with Crippen molar-refractivity contribution in [3.8, 4) is 0 Å². The molecule has 2 aromatic carbocycles. The Kier molecular flexibility index (Phi) is 5.08. The molecule has 0 atom stereocenters. The normalized spacial score (nSPS) is 14.5. The predicted octanol–water partition coefficient (Wildman–Crippen LogP) is 3.05. The van der Waals surface area contributed by atoms with E-state index in [0.29, 0.717) is 0 Å². The Morgan fingerprint density at radius 3 is 2.24 bits per heavy atom. The average molecular weight is 402 g/mol. The van der Waals surface area contributed by atoms with Crippen LogP contribution in [0.2, 0.25) is 0 Å². The van der Waals surface area contributed by atoms with E-state index in [2.05, 4.69) is 32.1 Å². The van der Waals surface area contributed by atoms with Gasteiger partial charge in [0, 0.05) is 10.2 Å². The fourth-order valence-electron chi connectivity index (χ4n) is 2.68. The van der Waals surface area contributed by atoms with E-state index in [9.17, 15) is 9.59 Å². The molecule has 2 aromatic rings. The van der Waals surface area contributed by atoms with Crippen LogP contribution in [0.4, 0.5) is 5.69 Å². The summed E-state index contributed by atoms with van der Waals surface area (Å²) in [6.45, 7) is 2.10. The molecule has 0 bridgehead atoms. The molecule has 0 aromatic heterocycles. The Morgan fingerprint density at radius 1 is 1.00 bits per heavy atom. The van der Waals surface area contributed by atoms with Crippen LogP contribution in [0.5, 0.6) is 0 Å². The van der Waals surface area contributed by atoms with Crippen molar-refractivity contribution in [3.63, 3.8) is 0 Å². The molecule has 1 aliphatic carbocycles. The first kappa shape index (κ1) is 17.5. The second kappa shape index (κ2) is 7.27. The van der Waals surface area contributed by atoms with E-state index in [1.807, 2.05) is 55.5 Å². The molecule has 0 aliphatic heterocycles. The smallest absolute Gasteiger partial charge is 0.257 e. The summed E-state index contributed by atoms with van der Waals surface area (Å²) in [6, 6.07) is 15.5. The lowest BCUT2D eigenvalue weighted by Crippen LogP contribution is -2.48. The maximum atomic E-state index is 12.5. The van der Waals surface area contributed by atoms with Gasteiger partial charge in [0.25, 0.3) is 5.91 Å². The molecule has 0 unspecified atom stereocenters. The molecule has 5 nitrogen and oxygen atoms in total. The SMILES string of the molecule is Cc1ccc(NCC(=O)NNC(=O)C2(c3ccc(Br)cc3)CC2)cc1. The molecular weight excluding hydrogens is 382 g/mol. The third-order valence-electron chi connectivity index (χ3n) is 4.40. The van der Waals surface area contributed by atoms with Crippen LogP contribution < -0.4 is 16.2 Å². The van der Waals surface area contributed by atoms with Crippen molar-refractivity contribution in [2.45, 2.75) is 25.2 Å². The standard InChI is InChI=1S/C19H20BrN3O2/c1-13-2-8-16(9-3-13)21-12-17(24)22-23-18(25)19(10-11-19)14-4-6-15(20)7-5-14/h2-9,21H,10-12H2,1H3,(H,22,24)(H,23,25).